The predicted molar refractivity (Wildman–Crippen MR) is 95.5 cm³/mol. The molecule has 1 aliphatic heterocycles. The Kier molecular flexibility index (Phi) is 5.88. The molecule has 2 aromatic rings. The highest BCUT2D eigenvalue weighted by Crippen LogP contribution is 2.30. The highest BCUT2D eigenvalue weighted by molar-refractivity contribution is 7.99. The first-order chi connectivity index (χ1) is 12.4. The Morgan fingerprint density at radius 1 is 1.15 bits per heavy atom. The summed E-state index contributed by atoms with van der Waals surface area (Å²) in [5, 5.41) is 2.65. The molecule has 0 bridgehead atoms. The first-order valence-corrected chi connectivity index (χ1v) is 9.24. The Balaban J connectivity index is 1.67. The summed E-state index contributed by atoms with van der Waals surface area (Å²) in [6, 6.07) is 11.6. The van der Waals surface area contributed by atoms with Crippen molar-refractivity contribution in [1.29, 1.82) is 0 Å². The minimum absolute atomic E-state index is 0.200. The van der Waals surface area contributed by atoms with Gasteiger partial charge in [-0.05, 0) is 49.2 Å². The quantitative estimate of drug-likeness (QED) is 0.721. The third-order valence-corrected chi connectivity index (χ3v) is 5.26. The molecule has 1 fully saturated rings. The van der Waals surface area contributed by atoms with E-state index in [4.69, 9.17) is 4.74 Å². The van der Waals surface area contributed by atoms with E-state index in [1.807, 2.05) is 12.1 Å². The van der Waals surface area contributed by atoms with Gasteiger partial charge in [0.1, 0.15) is 0 Å². The van der Waals surface area contributed by atoms with E-state index in [9.17, 15) is 18.0 Å². The Labute approximate surface area is 153 Å². The molecular formula is C19H18F3NO2S. The van der Waals surface area contributed by atoms with Gasteiger partial charge >= 0.3 is 6.18 Å². The predicted octanol–water partition coefficient (Wildman–Crippen LogP) is 5.23. The molecule has 1 saturated heterocycles. The molecule has 2 aromatic carbocycles. The summed E-state index contributed by atoms with van der Waals surface area (Å²) in [4.78, 5) is 13.4. The highest BCUT2D eigenvalue weighted by Gasteiger charge is 2.30. The van der Waals surface area contributed by atoms with Gasteiger partial charge in [0.05, 0.1) is 17.2 Å². The molecule has 0 aliphatic carbocycles. The van der Waals surface area contributed by atoms with E-state index in [1.54, 1.807) is 23.9 Å². The van der Waals surface area contributed by atoms with Crippen LogP contribution in [0.5, 0.6) is 0 Å². The fraction of sp³-hybridized carbons (Fsp3) is 0.316. The number of amides is 1. The first kappa shape index (κ1) is 18.8. The number of halogens is 3. The number of carbonyl (C=O) groups excluding carboxylic acids is 1. The van der Waals surface area contributed by atoms with Gasteiger partial charge in [-0.25, -0.2) is 0 Å². The van der Waals surface area contributed by atoms with Crippen molar-refractivity contribution in [2.24, 2.45) is 0 Å². The smallest absolute Gasteiger partial charge is 0.377 e. The van der Waals surface area contributed by atoms with E-state index in [-0.39, 0.29) is 12.0 Å². The fourth-order valence-electron chi connectivity index (χ4n) is 2.68. The minimum atomic E-state index is -4.39. The van der Waals surface area contributed by atoms with E-state index in [0.29, 0.717) is 11.3 Å². The zero-order valence-electron chi connectivity index (χ0n) is 13.9. The Morgan fingerprint density at radius 2 is 1.88 bits per heavy atom. The molecule has 1 atom stereocenters. The van der Waals surface area contributed by atoms with Gasteiger partial charge < -0.3 is 10.1 Å². The number of thioether (sulfide) groups is 1. The monoisotopic (exact) mass is 381 g/mol. The number of rotatable bonds is 5. The molecule has 26 heavy (non-hydrogen) atoms. The van der Waals surface area contributed by atoms with Gasteiger partial charge in [0.2, 0.25) is 0 Å². The first-order valence-electron chi connectivity index (χ1n) is 8.25. The summed E-state index contributed by atoms with van der Waals surface area (Å²) in [7, 11) is 0. The molecular weight excluding hydrogens is 363 g/mol. The Morgan fingerprint density at radius 3 is 2.54 bits per heavy atom. The molecule has 7 heteroatoms. The van der Waals surface area contributed by atoms with Gasteiger partial charge in [0, 0.05) is 22.9 Å². The van der Waals surface area contributed by atoms with Crippen LogP contribution in [-0.2, 0) is 10.9 Å². The summed E-state index contributed by atoms with van der Waals surface area (Å²) in [6.45, 7) is 0.779. The summed E-state index contributed by atoms with van der Waals surface area (Å²) in [6.07, 6.45) is -2.12. The largest absolute Gasteiger partial charge is 0.416 e. The lowest BCUT2D eigenvalue weighted by Crippen LogP contribution is -2.14. The van der Waals surface area contributed by atoms with Gasteiger partial charge in [-0.1, -0.05) is 12.1 Å². The second-order valence-electron chi connectivity index (χ2n) is 5.97. The third-order valence-electron chi connectivity index (χ3n) is 4.05. The lowest BCUT2D eigenvalue weighted by atomic mass is 10.1. The van der Waals surface area contributed by atoms with Crippen LogP contribution in [0.25, 0.3) is 0 Å². The third kappa shape index (κ3) is 4.80. The molecule has 1 unspecified atom stereocenters. The normalized spacial score (nSPS) is 17.3. The van der Waals surface area contributed by atoms with Crippen LogP contribution in [0.4, 0.5) is 18.9 Å². The molecule has 0 spiro atoms. The molecule has 1 heterocycles. The maximum atomic E-state index is 12.6. The Hall–Kier alpha value is -1.99. The van der Waals surface area contributed by atoms with E-state index in [2.05, 4.69) is 5.32 Å². The number of benzene rings is 2. The number of carbonyl (C=O) groups is 1. The number of alkyl halides is 3. The van der Waals surface area contributed by atoms with Crippen LogP contribution in [0, 0.1) is 0 Å². The molecule has 0 saturated carbocycles. The second-order valence-corrected chi connectivity index (χ2v) is 7.03. The van der Waals surface area contributed by atoms with E-state index in [1.165, 1.54) is 12.1 Å². The fourth-order valence-corrected chi connectivity index (χ4v) is 3.80. The number of ether oxygens (including phenoxy) is 1. The standard InChI is InChI=1S/C19H18F3NO2S/c20-19(21,22)13-7-9-14(10-8-13)23-18(24)16-5-1-2-6-17(16)26-12-15-4-3-11-25-15/h1-2,5-10,15H,3-4,11-12H2,(H,23,24). The van der Waals surface area contributed by atoms with Gasteiger partial charge in [0.15, 0.2) is 0 Å². The molecule has 138 valence electrons. The second kappa shape index (κ2) is 8.14. The van der Waals surface area contributed by atoms with Crippen LogP contribution < -0.4 is 5.32 Å². The number of nitrogens with one attached hydrogen (secondary N) is 1. The maximum absolute atomic E-state index is 12.6. The molecule has 1 amide bonds. The lowest BCUT2D eigenvalue weighted by molar-refractivity contribution is -0.137. The van der Waals surface area contributed by atoms with Crippen LogP contribution in [0.3, 0.4) is 0 Å². The van der Waals surface area contributed by atoms with Crippen molar-refractivity contribution >= 4 is 23.4 Å². The average molecular weight is 381 g/mol. The van der Waals surface area contributed by atoms with Crippen molar-refractivity contribution in [3.05, 3.63) is 59.7 Å². The zero-order valence-corrected chi connectivity index (χ0v) is 14.7. The molecule has 0 aromatic heterocycles. The molecule has 1 N–H and O–H groups in total. The molecule has 1 aliphatic rings. The van der Waals surface area contributed by atoms with Crippen molar-refractivity contribution in [3.63, 3.8) is 0 Å². The van der Waals surface area contributed by atoms with Gasteiger partial charge in [0.25, 0.3) is 5.91 Å². The number of hydrogen-bond acceptors (Lipinski definition) is 3. The minimum Gasteiger partial charge on any atom is -0.377 e. The van der Waals surface area contributed by atoms with Crippen LogP contribution in [0.15, 0.2) is 53.4 Å². The molecule has 3 nitrogen and oxygen atoms in total. The van der Waals surface area contributed by atoms with Crippen molar-refractivity contribution in [2.75, 3.05) is 17.7 Å². The Bertz CT molecular complexity index is 756. The molecule has 3 rings (SSSR count). The SMILES string of the molecule is O=C(Nc1ccc(C(F)(F)F)cc1)c1ccccc1SCC1CCCO1. The zero-order chi connectivity index (χ0) is 18.6. The van der Waals surface area contributed by atoms with Gasteiger partial charge in [-0.2, -0.15) is 13.2 Å². The van der Waals surface area contributed by atoms with Gasteiger partial charge in [-0.3, -0.25) is 4.79 Å². The summed E-state index contributed by atoms with van der Waals surface area (Å²) in [5.41, 5.74) is 0.0698. The lowest BCUT2D eigenvalue weighted by Gasteiger charge is -2.13. The summed E-state index contributed by atoms with van der Waals surface area (Å²) < 4.78 is 43.4. The van der Waals surface area contributed by atoms with Crippen LogP contribution >= 0.6 is 11.8 Å². The average Bonchev–Trinajstić information content (AvgIpc) is 3.13. The van der Waals surface area contributed by atoms with Crippen molar-refractivity contribution in [1.82, 2.24) is 0 Å². The van der Waals surface area contributed by atoms with Crippen LogP contribution in [0.2, 0.25) is 0 Å². The number of anilines is 1. The topological polar surface area (TPSA) is 38.3 Å². The maximum Gasteiger partial charge on any atom is 0.416 e. The van der Waals surface area contributed by atoms with Gasteiger partial charge in [-0.15, -0.1) is 11.8 Å². The van der Waals surface area contributed by atoms with E-state index in [0.717, 1.165) is 42.2 Å². The highest BCUT2D eigenvalue weighted by atomic mass is 32.2. The van der Waals surface area contributed by atoms with Crippen molar-refractivity contribution in [3.8, 4) is 0 Å². The van der Waals surface area contributed by atoms with E-state index < -0.39 is 11.7 Å². The van der Waals surface area contributed by atoms with Crippen LogP contribution in [0.1, 0.15) is 28.8 Å². The molecule has 0 radical (unpaired) electrons. The number of hydrogen-bond donors (Lipinski definition) is 1. The summed E-state index contributed by atoms with van der Waals surface area (Å²) in [5.74, 6) is 0.421. The van der Waals surface area contributed by atoms with Crippen molar-refractivity contribution in [2.45, 2.75) is 30.0 Å². The summed E-state index contributed by atoms with van der Waals surface area (Å²) >= 11 is 1.55. The van der Waals surface area contributed by atoms with Crippen molar-refractivity contribution < 1.29 is 22.7 Å². The van der Waals surface area contributed by atoms with E-state index >= 15 is 0 Å². The van der Waals surface area contributed by atoms with Crippen LogP contribution in [-0.4, -0.2) is 24.4 Å².